The Morgan fingerprint density at radius 3 is 2.62 bits per heavy atom. The van der Waals surface area contributed by atoms with Gasteiger partial charge >= 0.3 is 5.97 Å². The molecule has 0 aliphatic rings. The number of H-pyrrole nitrogens is 1. The highest BCUT2D eigenvalue weighted by atomic mass is 16.5. The number of hydrogen-bond donors (Lipinski definition) is 1. The van der Waals surface area contributed by atoms with Gasteiger partial charge in [-0.15, -0.1) is 0 Å². The number of esters is 1. The maximum atomic E-state index is 12.2. The number of fused-ring (bicyclic) bond motifs is 3. The third kappa shape index (κ3) is 2.09. The minimum atomic E-state index is -0.438. The fraction of sp³-hybridized carbons (Fsp3) is 0.176. The number of nitrogens with one attached hydrogen (secondary N) is 1. The largest absolute Gasteiger partial charge is 0.465 e. The smallest absolute Gasteiger partial charge is 0.337 e. The lowest BCUT2D eigenvalue weighted by Crippen LogP contribution is -2.05. The first-order chi connectivity index (χ1) is 10.2. The van der Waals surface area contributed by atoms with Crippen molar-refractivity contribution in [1.29, 1.82) is 0 Å². The van der Waals surface area contributed by atoms with Gasteiger partial charge in [0.15, 0.2) is 5.78 Å². The Kier molecular flexibility index (Phi) is 3.22. The quantitative estimate of drug-likeness (QED) is 0.588. The van der Waals surface area contributed by atoms with E-state index in [2.05, 4.69) is 4.98 Å². The number of aromatic nitrogens is 1. The molecule has 0 aliphatic heterocycles. The van der Waals surface area contributed by atoms with Crippen molar-refractivity contribution in [1.82, 2.24) is 4.98 Å². The van der Waals surface area contributed by atoms with E-state index < -0.39 is 5.97 Å². The van der Waals surface area contributed by atoms with E-state index in [0.717, 1.165) is 21.8 Å². The van der Waals surface area contributed by atoms with Gasteiger partial charge < -0.3 is 9.72 Å². The van der Waals surface area contributed by atoms with Crippen molar-refractivity contribution >= 4 is 33.6 Å². The number of ether oxygens (including phenoxy) is 1. The number of rotatable bonds is 3. The van der Waals surface area contributed by atoms with Crippen LogP contribution in [-0.4, -0.2) is 23.8 Å². The number of aromatic amines is 1. The highest BCUT2D eigenvalue weighted by Crippen LogP contribution is 2.29. The average Bonchev–Trinajstić information content (AvgIpc) is 2.91. The van der Waals surface area contributed by atoms with Crippen molar-refractivity contribution in [3.8, 4) is 0 Å². The van der Waals surface area contributed by atoms with E-state index in [1.54, 1.807) is 12.1 Å². The van der Waals surface area contributed by atoms with Crippen molar-refractivity contribution in [2.75, 3.05) is 7.11 Å². The van der Waals surface area contributed by atoms with Crippen molar-refractivity contribution in [2.45, 2.75) is 13.3 Å². The molecule has 3 aromatic rings. The number of ketones is 1. The molecular weight excluding hydrogens is 266 g/mol. The van der Waals surface area contributed by atoms with E-state index >= 15 is 0 Å². The van der Waals surface area contributed by atoms with Crippen molar-refractivity contribution < 1.29 is 14.3 Å². The van der Waals surface area contributed by atoms with Gasteiger partial charge in [-0.05, 0) is 18.2 Å². The maximum Gasteiger partial charge on any atom is 0.337 e. The predicted molar refractivity (Wildman–Crippen MR) is 81.8 cm³/mol. The fourth-order valence-corrected chi connectivity index (χ4v) is 2.60. The van der Waals surface area contributed by atoms with Gasteiger partial charge in [-0.3, -0.25) is 4.79 Å². The van der Waals surface area contributed by atoms with Gasteiger partial charge in [-0.2, -0.15) is 0 Å². The van der Waals surface area contributed by atoms with E-state index in [-0.39, 0.29) is 5.78 Å². The summed E-state index contributed by atoms with van der Waals surface area (Å²) in [7, 11) is 1.34. The molecule has 0 atom stereocenters. The Morgan fingerprint density at radius 1 is 1.14 bits per heavy atom. The number of hydrogen-bond acceptors (Lipinski definition) is 3. The molecule has 0 unspecified atom stereocenters. The lowest BCUT2D eigenvalue weighted by Gasteiger charge is -2.05. The van der Waals surface area contributed by atoms with E-state index in [9.17, 15) is 9.59 Å². The lowest BCUT2D eigenvalue weighted by molar-refractivity contribution is 0.0601. The van der Waals surface area contributed by atoms with Crippen LogP contribution in [0.3, 0.4) is 0 Å². The van der Waals surface area contributed by atoms with Gasteiger partial charge in [-0.25, -0.2) is 4.79 Å². The normalized spacial score (nSPS) is 11.0. The standard InChI is InChI=1S/C17H15NO3/c1-3-15(19)13-9-10(17(20)21-2)8-12-11-6-4-5-7-14(11)18-16(12)13/h4-9,18H,3H2,1-2H3. The summed E-state index contributed by atoms with van der Waals surface area (Å²) in [4.78, 5) is 27.3. The highest BCUT2D eigenvalue weighted by molar-refractivity contribution is 6.17. The van der Waals surface area contributed by atoms with Crippen molar-refractivity contribution in [2.24, 2.45) is 0 Å². The molecule has 0 bridgehead atoms. The molecule has 0 saturated heterocycles. The molecule has 0 radical (unpaired) electrons. The van der Waals surface area contributed by atoms with Gasteiger partial charge in [-0.1, -0.05) is 25.1 Å². The zero-order valence-corrected chi connectivity index (χ0v) is 11.9. The molecule has 0 saturated carbocycles. The number of carbonyl (C=O) groups is 2. The molecule has 4 heteroatoms. The zero-order chi connectivity index (χ0) is 15.0. The Labute approximate surface area is 121 Å². The summed E-state index contributed by atoms with van der Waals surface area (Å²) in [5.41, 5.74) is 2.65. The van der Waals surface area contributed by atoms with Crippen LogP contribution in [0, 0.1) is 0 Å². The number of carbonyl (C=O) groups excluding carboxylic acids is 2. The molecule has 21 heavy (non-hydrogen) atoms. The third-order valence-electron chi connectivity index (χ3n) is 3.66. The second-order valence-electron chi connectivity index (χ2n) is 4.89. The second-order valence-corrected chi connectivity index (χ2v) is 4.89. The molecule has 1 heterocycles. The van der Waals surface area contributed by atoms with Crippen molar-refractivity contribution in [3.05, 3.63) is 47.5 Å². The van der Waals surface area contributed by atoms with Gasteiger partial charge in [0, 0.05) is 28.3 Å². The number of para-hydroxylation sites is 1. The van der Waals surface area contributed by atoms with E-state index in [4.69, 9.17) is 4.74 Å². The summed E-state index contributed by atoms with van der Waals surface area (Å²) in [6.45, 7) is 1.81. The molecule has 0 aliphatic carbocycles. The molecular formula is C17H15NO3. The van der Waals surface area contributed by atoms with Crippen LogP contribution in [0.4, 0.5) is 0 Å². The van der Waals surface area contributed by atoms with Gasteiger partial charge in [0.1, 0.15) is 0 Å². The Bertz CT molecular complexity index is 861. The van der Waals surface area contributed by atoms with Crippen LogP contribution in [0.15, 0.2) is 36.4 Å². The molecule has 0 spiro atoms. The molecule has 2 aromatic carbocycles. The second kappa shape index (κ2) is 5.05. The summed E-state index contributed by atoms with van der Waals surface area (Å²) in [5.74, 6) is -0.440. The SMILES string of the molecule is CCC(=O)c1cc(C(=O)OC)cc2c1[nH]c1ccccc12. The van der Waals surface area contributed by atoms with Gasteiger partial charge in [0.25, 0.3) is 0 Å². The summed E-state index contributed by atoms with van der Waals surface area (Å²) >= 11 is 0. The van der Waals surface area contributed by atoms with Crippen LogP contribution >= 0.6 is 0 Å². The fourth-order valence-electron chi connectivity index (χ4n) is 2.60. The first-order valence-corrected chi connectivity index (χ1v) is 6.81. The van der Waals surface area contributed by atoms with E-state index in [1.165, 1.54) is 7.11 Å². The zero-order valence-electron chi connectivity index (χ0n) is 11.9. The van der Waals surface area contributed by atoms with Crippen LogP contribution in [0.25, 0.3) is 21.8 Å². The minimum Gasteiger partial charge on any atom is -0.465 e. The molecule has 3 rings (SSSR count). The van der Waals surface area contributed by atoms with Crippen LogP contribution < -0.4 is 0 Å². The average molecular weight is 281 g/mol. The Hall–Kier alpha value is -2.62. The third-order valence-corrected chi connectivity index (χ3v) is 3.66. The molecule has 0 fully saturated rings. The minimum absolute atomic E-state index is 0.00249. The topological polar surface area (TPSA) is 59.2 Å². The lowest BCUT2D eigenvalue weighted by atomic mass is 10.0. The summed E-state index contributed by atoms with van der Waals surface area (Å²) in [5, 5.41) is 1.86. The molecule has 1 aromatic heterocycles. The van der Waals surface area contributed by atoms with Gasteiger partial charge in [0.05, 0.1) is 18.2 Å². The van der Waals surface area contributed by atoms with Crippen LogP contribution in [0.1, 0.15) is 34.1 Å². The first-order valence-electron chi connectivity index (χ1n) is 6.81. The predicted octanol–water partition coefficient (Wildman–Crippen LogP) is 3.70. The van der Waals surface area contributed by atoms with Crippen LogP contribution in [0.2, 0.25) is 0 Å². The summed E-state index contributed by atoms with van der Waals surface area (Å²) in [6.07, 6.45) is 0.384. The summed E-state index contributed by atoms with van der Waals surface area (Å²) in [6, 6.07) is 11.2. The number of methoxy groups -OCH3 is 1. The first kappa shape index (κ1) is 13.4. The van der Waals surface area contributed by atoms with Crippen molar-refractivity contribution in [3.63, 3.8) is 0 Å². The maximum absolute atomic E-state index is 12.2. The van der Waals surface area contributed by atoms with Crippen LogP contribution in [0.5, 0.6) is 0 Å². The molecule has 4 nitrogen and oxygen atoms in total. The van der Waals surface area contributed by atoms with E-state index in [0.29, 0.717) is 17.5 Å². The Morgan fingerprint density at radius 2 is 1.90 bits per heavy atom. The highest BCUT2D eigenvalue weighted by Gasteiger charge is 2.17. The monoisotopic (exact) mass is 281 g/mol. The van der Waals surface area contributed by atoms with E-state index in [1.807, 2.05) is 31.2 Å². The number of benzene rings is 2. The number of Topliss-reactive ketones (excluding diaryl/α,β-unsaturated/α-hetero) is 1. The molecule has 106 valence electrons. The molecule has 1 N–H and O–H groups in total. The molecule has 0 amide bonds. The van der Waals surface area contributed by atoms with Gasteiger partial charge in [0.2, 0.25) is 0 Å². The summed E-state index contributed by atoms with van der Waals surface area (Å²) < 4.78 is 4.78. The Balaban J connectivity index is 2.41. The van der Waals surface area contributed by atoms with Crippen LogP contribution in [-0.2, 0) is 4.74 Å².